The Hall–Kier alpha value is -5.46. The van der Waals surface area contributed by atoms with Crippen molar-refractivity contribution >= 4 is 41.8 Å². The van der Waals surface area contributed by atoms with Gasteiger partial charge in [-0.2, -0.15) is 0 Å². The SMILES string of the molecule is CC(=O)OC[C@]12[C@H](OC(C)=O)[C@@H](OC(=O)c3ccccc3)[C@@H]3[C@@H](O)[C@@]14O[C@@]3(C)COC(=O)c1cccnc1[C@@H](C)[C@H](C)C(=O)O[C@@H]([C@H](OC(C)=O)[C@@H]2OC(C)=O)[C@]4(C)O. The molecule has 13 atom stereocenters. The number of aromatic nitrogens is 1. The van der Waals surface area contributed by atoms with Crippen LogP contribution in [0, 0.1) is 17.3 Å². The van der Waals surface area contributed by atoms with Gasteiger partial charge >= 0.3 is 41.8 Å². The third kappa shape index (κ3) is 6.89. The number of carbonyl (C=O) groups is 7. The van der Waals surface area contributed by atoms with Crippen molar-refractivity contribution in [2.45, 2.75) is 115 Å². The summed E-state index contributed by atoms with van der Waals surface area (Å²) in [7, 11) is 0. The van der Waals surface area contributed by atoms with E-state index >= 15 is 0 Å². The van der Waals surface area contributed by atoms with Crippen molar-refractivity contribution in [2.24, 2.45) is 17.3 Å². The van der Waals surface area contributed by atoms with Crippen LogP contribution in [-0.4, -0.2) is 124 Å². The topological polar surface area (TPSA) is 247 Å². The van der Waals surface area contributed by atoms with Crippen LogP contribution < -0.4 is 0 Å². The van der Waals surface area contributed by atoms with Crippen LogP contribution in [0.3, 0.4) is 0 Å². The third-order valence-electron chi connectivity index (χ3n) is 12.1. The first-order chi connectivity index (χ1) is 27.6. The summed E-state index contributed by atoms with van der Waals surface area (Å²) in [5, 5.41) is 26.3. The lowest BCUT2D eigenvalue weighted by Crippen LogP contribution is -2.89. The Morgan fingerprint density at radius 2 is 1.42 bits per heavy atom. The predicted molar refractivity (Wildman–Crippen MR) is 196 cm³/mol. The van der Waals surface area contributed by atoms with Crippen molar-refractivity contribution in [3.8, 4) is 0 Å². The lowest BCUT2D eigenvalue weighted by Gasteiger charge is -2.67. The highest BCUT2D eigenvalue weighted by Gasteiger charge is 2.91. The van der Waals surface area contributed by atoms with E-state index in [0.717, 1.165) is 34.6 Å². The largest absolute Gasteiger partial charge is 0.465 e. The summed E-state index contributed by atoms with van der Waals surface area (Å²) in [6.07, 6.45) is -10.8. The van der Waals surface area contributed by atoms with Crippen molar-refractivity contribution < 1.29 is 81.7 Å². The van der Waals surface area contributed by atoms with Crippen molar-refractivity contribution in [3.05, 3.63) is 65.5 Å². The minimum absolute atomic E-state index is 0.00386. The molecule has 18 heteroatoms. The number of rotatable bonds is 7. The van der Waals surface area contributed by atoms with Gasteiger partial charge in [0, 0.05) is 39.8 Å². The van der Waals surface area contributed by atoms with E-state index in [1.165, 1.54) is 44.3 Å². The zero-order chi connectivity index (χ0) is 43.4. The molecule has 4 bridgehead atoms. The molecule has 1 aromatic heterocycles. The van der Waals surface area contributed by atoms with E-state index in [1.54, 1.807) is 25.1 Å². The van der Waals surface area contributed by atoms with E-state index in [1.807, 2.05) is 0 Å². The molecule has 3 heterocycles. The lowest BCUT2D eigenvalue weighted by molar-refractivity contribution is -0.386. The minimum Gasteiger partial charge on any atom is -0.465 e. The number of benzene rings is 1. The van der Waals surface area contributed by atoms with Gasteiger partial charge in [0.05, 0.1) is 34.8 Å². The van der Waals surface area contributed by atoms with Gasteiger partial charge in [0.25, 0.3) is 0 Å². The first-order valence-corrected chi connectivity index (χ1v) is 19.0. The molecule has 1 aromatic carbocycles. The van der Waals surface area contributed by atoms with Crippen molar-refractivity contribution in [1.82, 2.24) is 4.98 Å². The molecule has 2 saturated carbocycles. The summed E-state index contributed by atoms with van der Waals surface area (Å²) >= 11 is 0. The summed E-state index contributed by atoms with van der Waals surface area (Å²) in [6, 6.07) is 10.5. The number of ether oxygens (including phenoxy) is 8. The maximum atomic E-state index is 14.3. The van der Waals surface area contributed by atoms with Crippen molar-refractivity contribution in [1.29, 1.82) is 0 Å². The summed E-state index contributed by atoms with van der Waals surface area (Å²) in [4.78, 5) is 99.2. The van der Waals surface area contributed by atoms with Gasteiger partial charge in [-0.25, -0.2) is 9.59 Å². The molecule has 2 N–H and O–H groups in total. The molecule has 0 unspecified atom stereocenters. The smallest absolute Gasteiger partial charge is 0.340 e. The second kappa shape index (κ2) is 15.6. The molecule has 2 aliphatic carbocycles. The van der Waals surface area contributed by atoms with Gasteiger partial charge in [-0.15, -0.1) is 0 Å². The molecule has 2 aromatic rings. The normalized spacial score (nSPS) is 37.4. The van der Waals surface area contributed by atoms with Crippen molar-refractivity contribution in [2.75, 3.05) is 13.2 Å². The van der Waals surface area contributed by atoms with Crippen LogP contribution in [0.4, 0.5) is 0 Å². The molecule has 318 valence electrons. The number of cyclic esters (lactones) is 1. The Kier molecular flexibility index (Phi) is 11.4. The highest BCUT2D eigenvalue weighted by atomic mass is 16.7. The molecule has 18 nitrogen and oxygen atoms in total. The van der Waals surface area contributed by atoms with Crippen molar-refractivity contribution in [3.63, 3.8) is 0 Å². The van der Waals surface area contributed by atoms with E-state index in [-0.39, 0.29) is 16.8 Å². The maximum absolute atomic E-state index is 14.3. The molecule has 2 aliphatic heterocycles. The summed E-state index contributed by atoms with van der Waals surface area (Å²) in [6.45, 7) is 7.71. The van der Waals surface area contributed by atoms with Crippen LogP contribution in [0.1, 0.15) is 87.7 Å². The van der Waals surface area contributed by atoms with Crippen LogP contribution in [0.25, 0.3) is 0 Å². The second-order valence-corrected chi connectivity index (χ2v) is 15.9. The van der Waals surface area contributed by atoms with Gasteiger partial charge in [0.15, 0.2) is 24.4 Å². The molecule has 6 rings (SSSR count). The van der Waals surface area contributed by atoms with Crippen LogP contribution >= 0.6 is 0 Å². The fourth-order valence-electron chi connectivity index (χ4n) is 9.53. The van der Waals surface area contributed by atoms with E-state index in [0.29, 0.717) is 0 Å². The van der Waals surface area contributed by atoms with Gasteiger partial charge < -0.3 is 48.1 Å². The molecule has 59 heavy (non-hydrogen) atoms. The standard InChI is InChI=1S/C41H47NO17/c1-19-20(2)35(48)58-32-30(54-22(4)44)34(56-24(6)46)40(18-52-21(3)43)33(55-23(5)45)29(57-36(49)25-13-10-9-11-14-25)27-31(47)41(40,39(32,8)51)59-38(27,7)17-53-37(50)26-15-12-16-42-28(19)26/h9-16,19-20,27,29-34,47,51H,17-18H2,1-8H3/t19-,20-,27+,29-,30-,31+,32-,33+,34-,38-,39-,40+,41-/m0/s1. The number of fused-ring (bicyclic) bond motifs is 5. The molecular weight excluding hydrogens is 778 g/mol. The fraction of sp³-hybridized carbons (Fsp3) is 0.561. The minimum atomic E-state index is -2.81. The Morgan fingerprint density at radius 3 is 2.02 bits per heavy atom. The lowest BCUT2D eigenvalue weighted by atomic mass is 9.45. The number of aliphatic hydroxyl groups is 2. The highest BCUT2D eigenvalue weighted by Crippen LogP contribution is 2.69. The zero-order valence-corrected chi connectivity index (χ0v) is 33.7. The molecule has 4 aliphatic rings. The van der Waals surface area contributed by atoms with E-state index in [2.05, 4.69) is 4.98 Å². The van der Waals surface area contributed by atoms with E-state index in [4.69, 9.17) is 37.9 Å². The first kappa shape index (κ1) is 43.1. The maximum Gasteiger partial charge on any atom is 0.340 e. The van der Waals surface area contributed by atoms with Crippen LogP contribution in [0.5, 0.6) is 0 Å². The number of hydrogen-bond donors (Lipinski definition) is 2. The third-order valence-corrected chi connectivity index (χ3v) is 12.1. The molecule has 3 fully saturated rings. The van der Waals surface area contributed by atoms with Gasteiger partial charge in [0.1, 0.15) is 41.5 Å². The number of pyridine rings is 1. The number of hydrogen-bond acceptors (Lipinski definition) is 18. The average molecular weight is 826 g/mol. The number of aliphatic hydroxyl groups excluding tert-OH is 1. The van der Waals surface area contributed by atoms with Crippen LogP contribution in [-0.2, 0) is 61.9 Å². The van der Waals surface area contributed by atoms with Gasteiger partial charge in [-0.1, -0.05) is 32.0 Å². The van der Waals surface area contributed by atoms with Gasteiger partial charge in [-0.05, 0) is 38.1 Å². The Morgan fingerprint density at radius 1 is 0.814 bits per heavy atom. The van der Waals surface area contributed by atoms with Gasteiger partial charge in [0.2, 0.25) is 0 Å². The Bertz CT molecular complexity index is 2040. The zero-order valence-electron chi connectivity index (χ0n) is 33.7. The summed E-state index contributed by atoms with van der Waals surface area (Å²) < 4.78 is 48.6. The number of carbonyl (C=O) groups excluding carboxylic acids is 7. The fourth-order valence-corrected chi connectivity index (χ4v) is 9.53. The average Bonchev–Trinajstić information content (AvgIpc) is 3.37. The molecule has 0 radical (unpaired) electrons. The molecule has 0 amide bonds. The molecule has 1 saturated heterocycles. The second-order valence-electron chi connectivity index (χ2n) is 15.9. The molecular formula is C41H47NO17. The summed E-state index contributed by atoms with van der Waals surface area (Å²) in [5.41, 5.74) is -10.1. The monoisotopic (exact) mass is 825 g/mol. The quantitative estimate of drug-likeness (QED) is 0.298. The highest BCUT2D eigenvalue weighted by molar-refractivity contribution is 5.91. The van der Waals surface area contributed by atoms with Crippen LogP contribution in [0.2, 0.25) is 0 Å². The number of nitrogens with zero attached hydrogens (tertiary/aromatic N) is 1. The predicted octanol–water partition coefficient (Wildman–Crippen LogP) is 1.76. The summed E-state index contributed by atoms with van der Waals surface area (Å²) in [5.74, 6) is -10.7. The van der Waals surface area contributed by atoms with E-state index in [9.17, 15) is 43.8 Å². The Labute approximate surface area is 338 Å². The Balaban J connectivity index is 1.74. The van der Waals surface area contributed by atoms with Crippen LogP contribution in [0.15, 0.2) is 48.7 Å². The first-order valence-electron chi connectivity index (χ1n) is 19.0. The van der Waals surface area contributed by atoms with E-state index < -0.39 is 132 Å². The number of esters is 7. The molecule has 1 spiro atoms. The van der Waals surface area contributed by atoms with Gasteiger partial charge in [-0.3, -0.25) is 29.0 Å².